The minimum absolute atomic E-state index is 0.122. The van der Waals surface area contributed by atoms with Crippen molar-refractivity contribution < 1.29 is 19.9 Å². The summed E-state index contributed by atoms with van der Waals surface area (Å²) in [6.45, 7) is 0. The van der Waals surface area contributed by atoms with Crippen LogP contribution in [0.3, 0.4) is 0 Å². The Hall–Kier alpha value is -3.41. The molecule has 3 N–H and O–H groups in total. The van der Waals surface area contributed by atoms with Gasteiger partial charge in [0, 0.05) is 18.2 Å². The van der Waals surface area contributed by atoms with Gasteiger partial charge in [-0.2, -0.15) is 0 Å². The molecule has 0 aliphatic rings. The van der Waals surface area contributed by atoms with Gasteiger partial charge in [-0.25, -0.2) is 0 Å². The van der Waals surface area contributed by atoms with Gasteiger partial charge in [0.15, 0.2) is 0 Å². The lowest BCUT2D eigenvalue weighted by Gasteiger charge is -2.06. The molecule has 0 heterocycles. The van der Waals surface area contributed by atoms with Gasteiger partial charge in [0.2, 0.25) is 5.91 Å². The summed E-state index contributed by atoms with van der Waals surface area (Å²) < 4.78 is 0. The number of carbonyl (C=O) groups is 2. The summed E-state index contributed by atoms with van der Waals surface area (Å²) in [4.78, 5) is 22.5. The molecule has 0 atom stereocenters. The van der Waals surface area contributed by atoms with E-state index in [2.05, 4.69) is 10.5 Å². The minimum Gasteiger partial charge on any atom is -0.481 e. The number of aliphatic carboxylic acids is 1. The fourth-order valence-electron chi connectivity index (χ4n) is 2.14. The van der Waals surface area contributed by atoms with Crippen LogP contribution in [0.4, 0.5) is 5.69 Å². The second-order valence-electron chi connectivity index (χ2n) is 5.25. The summed E-state index contributed by atoms with van der Waals surface area (Å²) >= 11 is 0. The van der Waals surface area contributed by atoms with Crippen LogP contribution in [0.5, 0.6) is 0 Å². The third-order valence-corrected chi connectivity index (χ3v) is 3.41. The van der Waals surface area contributed by atoms with Gasteiger partial charge in [-0.15, -0.1) is 0 Å². The number of carboxylic acids is 1. The molecule has 0 bridgehead atoms. The Bertz CT molecular complexity index is 781. The van der Waals surface area contributed by atoms with E-state index >= 15 is 0 Å². The molecule has 0 saturated carbocycles. The molecule has 0 saturated heterocycles. The van der Waals surface area contributed by atoms with Crippen molar-refractivity contribution in [3.63, 3.8) is 0 Å². The Morgan fingerprint density at radius 3 is 2.28 bits per heavy atom. The first-order valence-electron chi connectivity index (χ1n) is 7.66. The van der Waals surface area contributed by atoms with Crippen molar-refractivity contribution in [2.75, 3.05) is 5.32 Å². The van der Waals surface area contributed by atoms with Crippen LogP contribution in [0.15, 0.2) is 65.8 Å². The summed E-state index contributed by atoms with van der Waals surface area (Å²) in [6, 6.07) is 16.1. The number of rotatable bonds is 7. The monoisotopic (exact) mass is 338 g/mol. The Morgan fingerprint density at radius 2 is 1.68 bits per heavy atom. The smallest absolute Gasteiger partial charge is 0.303 e. The van der Waals surface area contributed by atoms with Gasteiger partial charge in [-0.3, -0.25) is 9.59 Å². The average molecular weight is 338 g/mol. The van der Waals surface area contributed by atoms with Gasteiger partial charge in [0.05, 0.1) is 12.1 Å². The number of hydrogen-bond donors (Lipinski definition) is 3. The van der Waals surface area contributed by atoms with E-state index in [-0.39, 0.29) is 24.5 Å². The van der Waals surface area contributed by atoms with Crippen LogP contribution in [-0.2, 0) is 9.59 Å². The van der Waals surface area contributed by atoms with Gasteiger partial charge in [-0.05, 0) is 29.3 Å². The number of benzene rings is 2. The van der Waals surface area contributed by atoms with Crippen LogP contribution in [-0.4, -0.2) is 27.9 Å². The van der Waals surface area contributed by atoms with Gasteiger partial charge in [0.1, 0.15) is 0 Å². The van der Waals surface area contributed by atoms with E-state index in [0.717, 1.165) is 5.56 Å². The summed E-state index contributed by atoms with van der Waals surface area (Å²) in [6.07, 6.45) is 3.16. The minimum atomic E-state index is -0.963. The number of hydrogen-bond acceptors (Lipinski definition) is 4. The molecule has 0 spiro atoms. The van der Waals surface area contributed by atoms with Gasteiger partial charge in [-0.1, -0.05) is 47.6 Å². The SMILES string of the molecule is O=C(O)CC/C(=N/O)c1ccc(NC(=O)/C=C/c2ccccc2)cc1. The van der Waals surface area contributed by atoms with Crippen LogP contribution in [0, 0.1) is 0 Å². The van der Waals surface area contributed by atoms with Gasteiger partial charge < -0.3 is 15.6 Å². The highest BCUT2D eigenvalue weighted by molar-refractivity contribution is 6.03. The fourth-order valence-corrected chi connectivity index (χ4v) is 2.14. The lowest BCUT2D eigenvalue weighted by atomic mass is 10.1. The maximum Gasteiger partial charge on any atom is 0.303 e. The second kappa shape index (κ2) is 9.02. The average Bonchev–Trinajstić information content (AvgIpc) is 2.62. The molecule has 0 unspecified atom stereocenters. The summed E-state index contributed by atoms with van der Waals surface area (Å²) in [5.74, 6) is -1.23. The first-order chi connectivity index (χ1) is 12.1. The molecule has 0 fully saturated rings. The maximum absolute atomic E-state index is 11.9. The summed E-state index contributed by atoms with van der Waals surface area (Å²) in [7, 11) is 0. The zero-order chi connectivity index (χ0) is 18.1. The third kappa shape index (κ3) is 5.95. The van der Waals surface area contributed by atoms with Crippen LogP contribution in [0.1, 0.15) is 24.0 Å². The number of carbonyl (C=O) groups excluding carboxylic acids is 1. The van der Waals surface area contributed by atoms with E-state index in [9.17, 15) is 9.59 Å². The molecule has 0 aliphatic heterocycles. The zero-order valence-corrected chi connectivity index (χ0v) is 13.4. The molecule has 0 radical (unpaired) electrons. The molecule has 2 aromatic carbocycles. The van der Waals surface area contributed by atoms with Crippen LogP contribution in [0.25, 0.3) is 6.08 Å². The first kappa shape index (κ1) is 17.9. The van der Waals surface area contributed by atoms with Crippen LogP contribution < -0.4 is 5.32 Å². The lowest BCUT2D eigenvalue weighted by Crippen LogP contribution is -2.09. The Balaban J connectivity index is 1.96. The fraction of sp³-hybridized carbons (Fsp3) is 0.105. The zero-order valence-electron chi connectivity index (χ0n) is 13.4. The van der Waals surface area contributed by atoms with Gasteiger partial charge in [0.25, 0.3) is 0 Å². The molecule has 0 aliphatic carbocycles. The lowest BCUT2D eigenvalue weighted by molar-refractivity contribution is -0.136. The highest BCUT2D eigenvalue weighted by atomic mass is 16.4. The largest absolute Gasteiger partial charge is 0.481 e. The molecular formula is C19H18N2O4. The van der Waals surface area contributed by atoms with E-state index < -0.39 is 5.97 Å². The number of amides is 1. The molecule has 0 aromatic heterocycles. The van der Waals surface area contributed by atoms with E-state index in [1.54, 1.807) is 30.3 Å². The number of anilines is 1. The van der Waals surface area contributed by atoms with Crippen molar-refractivity contribution in [1.82, 2.24) is 0 Å². The molecule has 128 valence electrons. The maximum atomic E-state index is 11.9. The molecule has 2 rings (SSSR count). The highest BCUT2D eigenvalue weighted by Gasteiger charge is 2.08. The Labute approximate surface area is 145 Å². The topological polar surface area (TPSA) is 99.0 Å². The number of nitrogens with zero attached hydrogens (tertiary/aromatic N) is 1. The normalized spacial score (nSPS) is 11.4. The van der Waals surface area contributed by atoms with Gasteiger partial charge >= 0.3 is 5.97 Å². The standard InChI is InChI=1S/C19H18N2O4/c22-18(12-6-14-4-2-1-3-5-14)20-16-9-7-15(8-10-16)17(21-25)11-13-19(23)24/h1-10,12,25H,11,13H2,(H,20,22)(H,23,24)/b12-6+,21-17-. The predicted molar refractivity (Wildman–Crippen MR) is 95.7 cm³/mol. The molecule has 1 amide bonds. The Morgan fingerprint density at radius 1 is 1.00 bits per heavy atom. The van der Waals surface area contributed by atoms with Crippen molar-refractivity contribution in [1.29, 1.82) is 0 Å². The van der Waals surface area contributed by atoms with Crippen molar-refractivity contribution in [2.45, 2.75) is 12.8 Å². The van der Waals surface area contributed by atoms with Crippen molar-refractivity contribution >= 4 is 29.4 Å². The van der Waals surface area contributed by atoms with Crippen LogP contribution >= 0.6 is 0 Å². The molecular weight excluding hydrogens is 320 g/mol. The number of oxime groups is 1. The number of carboxylic acid groups (broad SMARTS) is 1. The molecule has 2 aromatic rings. The van der Waals surface area contributed by atoms with E-state index in [0.29, 0.717) is 11.3 Å². The third-order valence-electron chi connectivity index (χ3n) is 3.41. The summed E-state index contributed by atoms with van der Waals surface area (Å²) in [5, 5.41) is 23.6. The highest BCUT2D eigenvalue weighted by Crippen LogP contribution is 2.13. The second-order valence-corrected chi connectivity index (χ2v) is 5.25. The molecule has 6 heteroatoms. The molecule has 6 nitrogen and oxygen atoms in total. The van der Waals surface area contributed by atoms with Crippen molar-refractivity contribution in [2.24, 2.45) is 5.16 Å². The number of nitrogens with one attached hydrogen (secondary N) is 1. The van der Waals surface area contributed by atoms with Crippen LogP contribution in [0.2, 0.25) is 0 Å². The Kier molecular flexibility index (Phi) is 6.47. The first-order valence-corrected chi connectivity index (χ1v) is 7.66. The van der Waals surface area contributed by atoms with Crippen molar-refractivity contribution in [3.05, 3.63) is 71.8 Å². The van der Waals surface area contributed by atoms with E-state index in [4.69, 9.17) is 10.3 Å². The predicted octanol–water partition coefficient (Wildman–Crippen LogP) is 3.38. The quantitative estimate of drug-likeness (QED) is 0.312. The summed E-state index contributed by atoms with van der Waals surface area (Å²) in [5.41, 5.74) is 2.39. The van der Waals surface area contributed by atoms with E-state index in [1.165, 1.54) is 6.08 Å². The van der Waals surface area contributed by atoms with Crippen molar-refractivity contribution in [3.8, 4) is 0 Å². The van der Waals surface area contributed by atoms with E-state index in [1.807, 2.05) is 30.3 Å². The molecule has 25 heavy (non-hydrogen) atoms.